The van der Waals surface area contributed by atoms with Gasteiger partial charge in [-0.2, -0.15) is 0 Å². The molecule has 1 heterocycles. The number of rotatable bonds is 5. The Morgan fingerprint density at radius 1 is 1.18 bits per heavy atom. The Labute approximate surface area is 102 Å². The Hall–Kier alpha value is -1.80. The minimum atomic E-state index is 0.771. The highest BCUT2D eigenvalue weighted by Crippen LogP contribution is 2.05. The molecule has 2 aromatic rings. The van der Waals surface area contributed by atoms with Crippen LogP contribution in [0.4, 0.5) is 0 Å². The summed E-state index contributed by atoms with van der Waals surface area (Å²) in [5.74, 6) is 0.970. The van der Waals surface area contributed by atoms with Gasteiger partial charge in [-0.1, -0.05) is 42.0 Å². The van der Waals surface area contributed by atoms with Crippen LogP contribution in [-0.4, -0.2) is 6.54 Å². The maximum atomic E-state index is 5.25. The molecule has 0 fully saturated rings. The minimum absolute atomic E-state index is 0.771. The summed E-state index contributed by atoms with van der Waals surface area (Å²) in [5.41, 5.74) is 2.55. The molecule has 0 aliphatic heterocycles. The van der Waals surface area contributed by atoms with E-state index in [9.17, 15) is 0 Å². The fourth-order valence-electron chi connectivity index (χ4n) is 1.68. The zero-order valence-corrected chi connectivity index (χ0v) is 10.0. The van der Waals surface area contributed by atoms with Crippen LogP contribution in [0.3, 0.4) is 0 Å². The second-order valence-electron chi connectivity index (χ2n) is 4.08. The first-order valence-corrected chi connectivity index (χ1v) is 5.80. The van der Waals surface area contributed by atoms with E-state index in [-0.39, 0.29) is 0 Å². The van der Waals surface area contributed by atoms with Gasteiger partial charge < -0.3 is 9.73 Å². The number of hydrogen-bond donors (Lipinski definition) is 1. The van der Waals surface area contributed by atoms with Crippen LogP contribution in [0.1, 0.15) is 18.2 Å². The van der Waals surface area contributed by atoms with Crippen molar-refractivity contribution in [3.8, 4) is 0 Å². The van der Waals surface area contributed by atoms with Gasteiger partial charge in [-0.05, 0) is 24.6 Å². The van der Waals surface area contributed by atoms with Crippen molar-refractivity contribution in [2.24, 2.45) is 0 Å². The van der Waals surface area contributed by atoms with Gasteiger partial charge in [-0.25, -0.2) is 0 Å². The quantitative estimate of drug-likeness (QED) is 0.846. The summed E-state index contributed by atoms with van der Waals surface area (Å²) in [6.45, 7) is 3.77. The van der Waals surface area contributed by atoms with Crippen LogP contribution in [0.15, 0.2) is 58.7 Å². The van der Waals surface area contributed by atoms with Crippen molar-refractivity contribution in [2.45, 2.75) is 13.5 Å². The van der Waals surface area contributed by atoms with Gasteiger partial charge in [-0.15, -0.1) is 0 Å². The van der Waals surface area contributed by atoms with Crippen LogP contribution < -0.4 is 5.32 Å². The van der Waals surface area contributed by atoms with Crippen LogP contribution in [0.25, 0.3) is 6.08 Å². The predicted octanol–water partition coefficient (Wildman–Crippen LogP) is 3.47. The van der Waals surface area contributed by atoms with Gasteiger partial charge in [0.1, 0.15) is 5.76 Å². The summed E-state index contributed by atoms with van der Waals surface area (Å²) in [7, 11) is 0. The smallest absolute Gasteiger partial charge is 0.117 e. The normalized spacial score (nSPS) is 11.7. The average molecular weight is 227 g/mol. The van der Waals surface area contributed by atoms with Gasteiger partial charge in [0, 0.05) is 6.54 Å². The van der Waals surface area contributed by atoms with Crippen molar-refractivity contribution in [1.29, 1.82) is 0 Å². The number of furan rings is 1. The molecule has 0 aliphatic rings. The third kappa shape index (κ3) is 3.93. The molecule has 1 aromatic heterocycles. The molecule has 88 valence electrons. The average Bonchev–Trinajstić information content (AvgIpc) is 2.83. The highest BCUT2D eigenvalue weighted by atomic mass is 16.3. The number of nitrogens with one attached hydrogen (secondary N) is 1. The first kappa shape index (κ1) is 11.7. The van der Waals surface area contributed by atoms with E-state index >= 15 is 0 Å². The van der Waals surface area contributed by atoms with Crippen LogP contribution in [0, 0.1) is 0 Å². The van der Waals surface area contributed by atoms with E-state index < -0.39 is 0 Å². The Morgan fingerprint density at radius 2 is 2.00 bits per heavy atom. The lowest BCUT2D eigenvalue weighted by molar-refractivity contribution is 0.489. The molecular formula is C15H17NO. The highest BCUT2D eigenvalue weighted by Gasteiger charge is 1.95. The molecule has 0 unspecified atom stereocenters. The van der Waals surface area contributed by atoms with Crippen molar-refractivity contribution < 1.29 is 4.42 Å². The summed E-state index contributed by atoms with van der Waals surface area (Å²) in [6, 6.07) is 14.2. The molecule has 1 N–H and O–H groups in total. The van der Waals surface area contributed by atoms with Gasteiger partial charge in [0.15, 0.2) is 0 Å². The van der Waals surface area contributed by atoms with Crippen molar-refractivity contribution in [2.75, 3.05) is 6.54 Å². The van der Waals surface area contributed by atoms with E-state index in [1.54, 1.807) is 6.26 Å². The maximum Gasteiger partial charge on any atom is 0.117 e. The van der Waals surface area contributed by atoms with Crippen LogP contribution in [0.5, 0.6) is 0 Å². The summed E-state index contributed by atoms with van der Waals surface area (Å²) < 4.78 is 5.25. The van der Waals surface area contributed by atoms with Gasteiger partial charge in [0.2, 0.25) is 0 Å². The molecule has 2 rings (SSSR count). The lowest BCUT2D eigenvalue weighted by Crippen LogP contribution is -2.14. The molecule has 2 heteroatoms. The molecule has 1 aromatic carbocycles. The van der Waals surface area contributed by atoms with E-state index in [0.29, 0.717) is 0 Å². The van der Waals surface area contributed by atoms with Gasteiger partial charge in [0.05, 0.1) is 12.8 Å². The molecule has 0 amide bonds. The molecule has 0 atom stereocenters. The molecule has 17 heavy (non-hydrogen) atoms. The van der Waals surface area contributed by atoms with E-state index in [0.717, 1.165) is 18.8 Å². The minimum Gasteiger partial charge on any atom is -0.468 e. The monoisotopic (exact) mass is 227 g/mol. The molecule has 0 saturated heterocycles. The largest absolute Gasteiger partial charge is 0.468 e. The molecule has 2 nitrogen and oxygen atoms in total. The van der Waals surface area contributed by atoms with Gasteiger partial charge in [-0.3, -0.25) is 0 Å². The van der Waals surface area contributed by atoms with Crippen molar-refractivity contribution >= 4 is 6.08 Å². The Morgan fingerprint density at radius 3 is 2.71 bits per heavy atom. The Balaban J connectivity index is 1.81. The fourth-order valence-corrected chi connectivity index (χ4v) is 1.68. The van der Waals surface area contributed by atoms with Crippen molar-refractivity contribution in [1.82, 2.24) is 5.32 Å². The predicted molar refractivity (Wildman–Crippen MR) is 70.5 cm³/mol. The van der Waals surface area contributed by atoms with Crippen LogP contribution in [-0.2, 0) is 6.54 Å². The first-order valence-electron chi connectivity index (χ1n) is 5.80. The maximum absolute atomic E-state index is 5.25. The third-order valence-corrected chi connectivity index (χ3v) is 2.50. The van der Waals surface area contributed by atoms with Gasteiger partial charge in [0.25, 0.3) is 0 Å². The lowest BCUT2D eigenvalue weighted by atomic mass is 10.1. The standard InChI is InChI=1S/C15H17NO/c1-13(10-14-6-3-2-4-7-14)11-16-12-15-8-5-9-17-15/h2-10,16H,11-12H2,1H3. The molecule has 0 spiro atoms. The van der Waals surface area contributed by atoms with E-state index in [2.05, 4.69) is 42.6 Å². The summed E-state index contributed by atoms with van der Waals surface area (Å²) in [5, 5.41) is 3.35. The highest BCUT2D eigenvalue weighted by molar-refractivity contribution is 5.52. The lowest BCUT2D eigenvalue weighted by Gasteiger charge is -2.03. The van der Waals surface area contributed by atoms with Crippen molar-refractivity contribution in [3.63, 3.8) is 0 Å². The SMILES string of the molecule is CC(=Cc1ccccc1)CNCc1ccco1. The zero-order valence-electron chi connectivity index (χ0n) is 10.0. The second-order valence-corrected chi connectivity index (χ2v) is 4.08. The fraction of sp³-hybridized carbons (Fsp3) is 0.200. The summed E-state index contributed by atoms with van der Waals surface area (Å²) >= 11 is 0. The molecule has 0 aliphatic carbocycles. The number of hydrogen-bond acceptors (Lipinski definition) is 2. The first-order chi connectivity index (χ1) is 8.34. The topological polar surface area (TPSA) is 25.2 Å². The van der Waals surface area contributed by atoms with Crippen molar-refractivity contribution in [3.05, 3.63) is 65.6 Å². The zero-order chi connectivity index (χ0) is 11.9. The van der Waals surface area contributed by atoms with Crippen LogP contribution >= 0.6 is 0 Å². The second kappa shape index (κ2) is 6.06. The van der Waals surface area contributed by atoms with Gasteiger partial charge >= 0.3 is 0 Å². The number of benzene rings is 1. The molecule has 0 bridgehead atoms. The Kier molecular flexibility index (Phi) is 4.17. The molecule has 0 saturated carbocycles. The Bertz CT molecular complexity index is 457. The van der Waals surface area contributed by atoms with E-state index in [4.69, 9.17) is 4.42 Å². The van der Waals surface area contributed by atoms with E-state index in [1.165, 1.54) is 11.1 Å². The summed E-state index contributed by atoms with van der Waals surface area (Å²) in [6.07, 6.45) is 3.89. The molecule has 0 radical (unpaired) electrons. The van der Waals surface area contributed by atoms with Crippen LogP contribution in [0.2, 0.25) is 0 Å². The molecular weight excluding hydrogens is 210 g/mol. The summed E-state index contributed by atoms with van der Waals surface area (Å²) in [4.78, 5) is 0. The third-order valence-electron chi connectivity index (χ3n) is 2.50. The van der Waals surface area contributed by atoms with E-state index in [1.807, 2.05) is 18.2 Å².